The summed E-state index contributed by atoms with van der Waals surface area (Å²) < 4.78 is 10.2. The Morgan fingerprint density at radius 2 is 1.69 bits per heavy atom. The Morgan fingerprint density at radius 1 is 0.918 bits per heavy atom. The molecule has 0 amide bonds. The van der Waals surface area contributed by atoms with Gasteiger partial charge in [-0.2, -0.15) is 10.2 Å². The first-order valence-electron chi connectivity index (χ1n) is 16.0. The van der Waals surface area contributed by atoms with Gasteiger partial charge in [0.15, 0.2) is 0 Å². The van der Waals surface area contributed by atoms with E-state index in [0.29, 0.717) is 45.9 Å². The van der Waals surface area contributed by atoms with Crippen molar-refractivity contribution in [1.29, 1.82) is 0 Å². The molecule has 0 spiro atoms. The van der Waals surface area contributed by atoms with Gasteiger partial charge < -0.3 is 24.8 Å². The fraction of sp³-hybridized carbons (Fsp3) is 0.297. The predicted molar refractivity (Wildman–Crippen MR) is 189 cm³/mol. The number of carboxylic acid groups (broad SMARTS) is 1. The van der Waals surface area contributed by atoms with Crippen LogP contribution in [-0.4, -0.2) is 53.4 Å². The molecule has 11 nitrogen and oxygen atoms in total. The van der Waals surface area contributed by atoms with Gasteiger partial charge in [0.25, 0.3) is 0 Å². The fourth-order valence-electron chi connectivity index (χ4n) is 6.90. The van der Waals surface area contributed by atoms with Crippen molar-refractivity contribution >= 4 is 45.2 Å². The van der Waals surface area contributed by atoms with E-state index in [0.717, 1.165) is 57.5 Å². The second-order valence-electron chi connectivity index (χ2n) is 12.3. The summed E-state index contributed by atoms with van der Waals surface area (Å²) in [6.45, 7) is 2.87. The quantitative estimate of drug-likeness (QED) is 0.134. The number of aryl methyl sites for hydroxylation is 7. The van der Waals surface area contributed by atoms with Gasteiger partial charge in [-0.05, 0) is 60.9 Å². The number of ether oxygens (including phenoxy) is 1. The van der Waals surface area contributed by atoms with E-state index in [-0.39, 0.29) is 18.5 Å². The van der Waals surface area contributed by atoms with E-state index in [4.69, 9.17) is 26.5 Å². The molecule has 3 aromatic carbocycles. The van der Waals surface area contributed by atoms with Gasteiger partial charge in [0.2, 0.25) is 0 Å². The number of carbonyl (C=O) groups excluding carboxylic acids is 1. The molecular weight excluding hydrogens is 644 g/mol. The van der Waals surface area contributed by atoms with Crippen molar-refractivity contribution in [3.8, 4) is 16.9 Å². The zero-order chi connectivity index (χ0) is 35.0. The second-order valence-corrected chi connectivity index (χ2v) is 12.7. The number of methoxy groups -OCH3 is 1. The molecule has 12 heteroatoms. The third-order valence-electron chi connectivity index (χ3n) is 9.20. The number of rotatable bonds is 12. The molecule has 49 heavy (non-hydrogen) atoms. The minimum Gasteiger partial charge on any atom is -0.507 e. The molecule has 0 radical (unpaired) electrons. The number of benzene rings is 3. The number of aromatic hydroxyl groups is 1. The fourth-order valence-corrected chi connectivity index (χ4v) is 7.14. The molecule has 0 aliphatic rings. The van der Waals surface area contributed by atoms with Crippen molar-refractivity contribution in [2.75, 3.05) is 7.11 Å². The number of hydrogen-bond acceptors (Lipinski definition) is 7. The first kappa shape index (κ1) is 33.8. The number of aromatic carboxylic acids is 1. The lowest BCUT2D eigenvalue weighted by atomic mass is 9.98. The highest BCUT2D eigenvalue weighted by Gasteiger charge is 2.27. The summed E-state index contributed by atoms with van der Waals surface area (Å²) in [5, 5.41) is 36.7. The third kappa shape index (κ3) is 6.51. The summed E-state index contributed by atoms with van der Waals surface area (Å²) in [5.74, 6) is -1.21. The van der Waals surface area contributed by atoms with Gasteiger partial charge in [-0.3, -0.25) is 14.2 Å². The van der Waals surface area contributed by atoms with Crippen molar-refractivity contribution < 1.29 is 24.5 Å². The van der Waals surface area contributed by atoms with E-state index in [1.54, 1.807) is 17.7 Å². The maximum atomic E-state index is 12.5. The normalized spacial score (nSPS) is 11.6. The summed E-state index contributed by atoms with van der Waals surface area (Å²) in [7, 11) is 6.83. The molecule has 3 N–H and O–H groups in total. The minimum absolute atomic E-state index is 0.0528. The molecule has 0 saturated heterocycles. The van der Waals surface area contributed by atoms with E-state index in [1.807, 2.05) is 66.8 Å². The van der Waals surface area contributed by atoms with Gasteiger partial charge in [-0.1, -0.05) is 48.0 Å². The number of carboxylic acids is 1. The number of phenols is 1. The Labute approximate surface area is 288 Å². The largest absolute Gasteiger partial charge is 0.507 e. The lowest BCUT2D eigenvalue weighted by Crippen LogP contribution is -2.16. The molecule has 0 aliphatic carbocycles. The third-order valence-corrected chi connectivity index (χ3v) is 9.52. The first-order chi connectivity index (χ1) is 23.5. The first-order valence-corrected chi connectivity index (χ1v) is 16.4. The Kier molecular flexibility index (Phi) is 9.49. The zero-order valence-corrected chi connectivity index (χ0v) is 28.9. The van der Waals surface area contributed by atoms with Crippen LogP contribution in [0, 0.1) is 6.92 Å². The SMILES string of the molecule is COC(=O)CCc1c(C(=O)O)n(C)c2c(-c3c(C)nn(C)c3CNCc3cc(CCc4cc(O)c5ccccc5c4)n(C)n3)c(Cl)ccc12. The number of nitrogens with one attached hydrogen (secondary N) is 1. The molecule has 6 aromatic rings. The molecule has 0 unspecified atom stereocenters. The molecule has 0 bridgehead atoms. The summed E-state index contributed by atoms with van der Waals surface area (Å²) in [6, 6.07) is 17.4. The van der Waals surface area contributed by atoms with Crippen LogP contribution in [0.2, 0.25) is 5.02 Å². The summed E-state index contributed by atoms with van der Waals surface area (Å²) in [5.41, 5.74) is 7.51. The molecular formula is C37H39ClN6O5. The average molecular weight is 683 g/mol. The monoisotopic (exact) mass is 682 g/mol. The smallest absolute Gasteiger partial charge is 0.352 e. The van der Waals surface area contributed by atoms with Crippen LogP contribution in [0.1, 0.15) is 50.8 Å². The number of nitrogens with zero attached hydrogens (tertiary/aromatic N) is 5. The standard InChI is InChI=1S/C37H39ClN6O5/c1-21-33(34-29(38)14-12-27-28(13-15-32(46)49-5)36(37(47)48)42(2)35(27)34)30(44(4)40-21)20-39-19-24-18-25(43(3)41-24)11-10-22-16-23-8-6-7-9-26(23)31(45)17-22/h6-9,12,14,16-18,39,45H,10-11,13,15,19-20H2,1-5H3,(H,47,48). The lowest BCUT2D eigenvalue weighted by molar-refractivity contribution is -0.140. The average Bonchev–Trinajstić information content (AvgIpc) is 3.67. The van der Waals surface area contributed by atoms with Crippen molar-refractivity contribution in [2.45, 2.75) is 45.7 Å². The van der Waals surface area contributed by atoms with Crippen LogP contribution in [0.4, 0.5) is 0 Å². The van der Waals surface area contributed by atoms with Crippen LogP contribution < -0.4 is 5.32 Å². The van der Waals surface area contributed by atoms with Crippen LogP contribution in [0.5, 0.6) is 5.75 Å². The summed E-state index contributed by atoms with van der Waals surface area (Å²) >= 11 is 6.90. The van der Waals surface area contributed by atoms with Crippen molar-refractivity contribution in [1.82, 2.24) is 29.4 Å². The number of aromatic nitrogens is 5. The minimum atomic E-state index is -1.09. The van der Waals surface area contributed by atoms with Gasteiger partial charge in [0.05, 0.1) is 34.7 Å². The Morgan fingerprint density at radius 3 is 2.45 bits per heavy atom. The van der Waals surface area contributed by atoms with E-state index in [2.05, 4.69) is 17.4 Å². The van der Waals surface area contributed by atoms with Crippen LogP contribution >= 0.6 is 11.6 Å². The van der Waals surface area contributed by atoms with Gasteiger partial charge in [-0.15, -0.1) is 0 Å². The highest BCUT2D eigenvalue weighted by Crippen LogP contribution is 2.42. The number of carbonyl (C=O) groups is 2. The number of halogens is 1. The number of fused-ring (bicyclic) bond motifs is 2. The Bertz CT molecular complexity index is 2230. The van der Waals surface area contributed by atoms with Gasteiger partial charge >= 0.3 is 11.9 Å². The molecule has 0 atom stereocenters. The van der Waals surface area contributed by atoms with E-state index in [1.165, 1.54) is 7.11 Å². The summed E-state index contributed by atoms with van der Waals surface area (Å²) in [6.07, 6.45) is 1.80. The highest BCUT2D eigenvalue weighted by atomic mass is 35.5. The maximum Gasteiger partial charge on any atom is 0.352 e. The predicted octanol–water partition coefficient (Wildman–Crippen LogP) is 6.01. The van der Waals surface area contributed by atoms with Crippen molar-refractivity contribution in [3.05, 3.63) is 99.2 Å². The van der Waals surface area contributed by atoms with Crippen molar-refractivity contribution in [2.24, 2.45) is 21.1 Å². The molecule has 3 heterocycles. The van der Waals surface area contributed by atoms with E-state index in [9.17, 15) is 19.8 Å². The van der Waals surface area contributed by atoms with E-state index < -0.39 is 11.9 Å². The lowest BCUT2D eigenvalue weighted by Gasteiger charge is -2.13. The topological polar surface area (TPSA) is 136 Å². The number of hydrogen-bond donors (Lipinski definition) is 3. The number of esters is 1. The molecule has 0 saturated carbocycles. The van der Waals surface area contributed by atoms with Gasteiger partial charge in [0, 0.05) is 68.2 Å². The van der Waals surface area contributed by atoms with Crippen LogP contribution in [0.3, 0.4) is 0 Å². The molecule has 0 aliphatic heterocycles. The van der Waals surface area contributed by atoms with Gasteiger partial charge in [0.1, 0.15) is 11.4 Å². The molecule has 6 rings (SSSR count). The second kappa shape index (κ2) is 13.8. The molecule has 254 valence electrons. The van der Waals surface area contributed by atoms with Gasteiger partial charge in [-0.25, -0.2) is 4.79 Å². The Hall–Kier alpha value is -5.13. The molecule has 0 fully saturated rings. The van der Waals surface area contributed by atoms with Crippen LogP contribution in [0.15, 0.2) is 54.6 Å². The maximum absolute atomic E-state index is 12.5. The van der Waals surface area contributed by atoms with Crippen molar-refractivity contribution in [3.63, 3.8) is 0 Å². The summed E-state index contributed by atoms with van der Waals surface area (Å²) in [4.78, 5) is 24.4. The Balaban J connectivity index is 1.24. The van der Waals surface area contributed by atoms with Crippen LogP contribution in [0.25, 0.3) is 32.8 Å². The number of phenolic OH excluding ortho intramolecular Hbond substituents is 1. The highest BCUT2D eigenvalue weighted by molar-refractivity contribution is 6.35. The zero-order valence-electron chi connectivity index (χ0n) is 28.2. The molecule has 3 aromatic heterocycles. The van der Waals surface area contributed by atoms with Crippen LogP contribution in [-0.2, 0) is 63.0 Å². The van der Waals surface area contributed by atoms with E-state index >= 15 is 0 Å².